The van der Waals surface area contributed by atoms with E-state index < -0.39 is 41.9 Å². The fourth-order valence-corrected chi connectivity index (χ4v) is 4.87. The van der Waals surface area contributed by atoms with E-state index >= 15 is 4.39 Å². The first kappa shape index (κ1) is 27.7. The summed E-state index contributed by atoms with van der Waals surface area (Å²) in [6.45, 7) is 8.05. The van der Waals surface area contributed by atoms with Crippen molar-refractivity contribution < 1.29 is 36.7 Å². The van der Waals surface area contributed by atoms with Crippen LogP contribution in [0.15, 0.2) is 17.1 Å². The Morgan fingerprint density at radius 2 is 1.89 bits per heavy atom. The Labute approximate surface area is 218 Å². The van der Waals surface area contributed by atoms with Gasteiger partial charge in [-0.3, -0.25) is 4.79 Å². The number of pyridine rings is 1. The average molecular weight is 537 g/mol. The number of anilines is 1. The van der Waals surface area contributed by atoms with Gasteiger partial charge in [-0.2, -0.15) is 0 Å². The third-order valence-corrected chi connectivity index (χ3v) is 6.75. The van der Waals surface area contributed by atoms with Crippen molar-refractivity contribution in [1.82, 2.24) is 9.88 Å². The molecule has 2 fully saturated rings. The minimum absolute atomic E-state index is 0.0144. The predicted octanol–water partition coefficient (Wildman–Crippen LogP) is 4.30. The molecule has 1 amide bonds. The summed E-state index contributed by atoms with van der Waals surface area (Å²) in [5.41, 5.74) is -1.71. The molecule has 2 aliphatic rings. The number of rotatable bonds is 7. The number of nitrogens with zero attached hydrogens (tertiary/aromatic N) is 2. The molecule has 2 aromatic rings. The summed E-state index contributed by atoms with van der Waals surface area (Å²) < 4.78 is 57.5. The van der Waals surface area contributed by atoms with Gasteiger partial charge in [0.05, 0.1) is 18.0 Å². The molecule has 0 bridgehead atoms. The molecule has 2 heterocycles. The lowest BCUT2D eigenvalue weighted by Gasteiger charge is -2.27. The van der Waals surface area contributed by atoms with Gasteiger partial charge in [-0.25, -0.2) is 22.6 Å². The van der Waals surface area contributed by atoms with Gasteiger partial charge in [0.25, 0.3) is 0 Å². The van der Waals surface area contributed by atoms with Gasteiger partial charge in [0.1, 0.15) is 16.9 Å². The van der Waals surface area contributed by atoms with Crippen molar-refractivity contribution in [1.29, 1.82) is 0 Å². The normalized spacial score (nSPS) is 18.3. The zero-order chi connectivity index (χ0) is 27.9. The largest absolute Gasteiger partial charge is 0.798 e. The number of halogens is 3. The molecule has 1 saturated heterocycles. The number of carbonyl (C=O) groups is 2. The van der Waals surface area contributed by atoms with Crippen LogP contribution in [-0.4, -0.2) is 55.9 Å². The van der Waals surface area contributed by atoms with E-state index in [1.165, 1.54) is 13.3 Å². The Morgan fingerprint density at radius 1 is 1.21 bits per heavy atom. The van der Waals surface area contributed by atoms with E-state index in [-0.39, 0.29) is 40.3 Å². The van der Waals surface area contributed by atoms with Crippen LogP contribution >= 0.6 is 0 Å². The number of carbonyl (C=O) groups excluding carboxylic acids is 2. The number of fused-ring (bicyclic) bond motifs is 1. The van der Waals surface area contributed by atoms with Crippen molar-refractivity contribution in [3.63, 3.8) is 0 Å². The summed E-state index contributed by atoms with van der Waals surface area (Å²) in [7, 11) is -2.03. The van der Waals surface area contributed by atoms with Gasteiger partial charge in [0.2, 0.25) is 5.43 Å². The molecule has 38 heavy (non-hydrogen) atoms. The van der Waals surface area contributed by atoms with Crippen molar-refractivity contribution in [2.75, 3.05) is 25.1 Å². The minimum atomic E-state index is -3.39. The molecular formula is C25H31BF3N3O6. The van der Waals surface area contributed by atoms with Crippen LogP contribution in [0.3, 0.4) is 0 Å². The van der Waals surface area contributed by atoms with E-state index in [2.05, 4.69) is 9.97 Å². The standard InChI is InChI=1S/C25H31BF3N3O6/c1-13(30-24(35)37-25(2,3)4)14-8-9-31(11-14)20-18(27)10-16-19(22(20)36-5)32(15-6-7-15)12-17(21(16)33)23(34)38-26(28)29/h10,12-15H,6-9,11H2,1-5H3,(H,30,35)/t13-,14+/m1/s1. The Bertz CT molecular complexity index is 1310. The van der Waals surface area contributed by atoms with Gasteiger partial charge in [-0.15, -0.1) is 0 Å². The Balaban J connectivity index is 1.70. The molecule has 1 saturated carbocycles. The molecule has 0 unspecified atom stereocenters. The van der Waals surface area contributed by atoms with Crippen LogP contribution in [0.5, 0.6) is 5.75 Å². The van der Waals surface area contributed by atoms with Crippen LogP contribution < -0.4 is 20.4 Å². The first-order valence-electron chi connectivity index (χ1n) is 12.5. The quantitative estimate of drug-likeness (QED) is 0.526. The lowest BCUT2D eigenvalue weighted by Crippen LogP contribution is -2.42. The molecule has 1 aliphatic heterocycles. The molecular weight excluding hydrogens is 506 g/mol. The number of amides is 1. The number of benzene rings is 1. The summed E-state index contributed by atoms with van der Waals surface area (Å²) >= 11 is 0. The minimum Gasteiger partial charge on any atom is -0.492 e. The van der Waals surface area contributed by atoms with Crippen LogP contribution in [0.25, 0.3) is 10.9 Å². The highest BCUT2D eigenvalue weighted by atomic mass is 19.2. The Morgan fingerprint density at radius 3 is 2.47 bits per heavy atom. The number of aromatic nitrogens is 1. The average Bonchev–Trinajstić information content (AvgIpc) is 3.53. The lowest BCUT2D eigenvalue weighted by atomic mass is 10.0. The maximum Gasteiger partial charge on any atom is 0.798 e. The van der Waals surface area contributed by atoms with Crippen LogP contribution in [0.1, 0.15) is 63.4 Å². The zero-order valence-corrected chi connectivity index (χ0v) is 22.0. The van der Waals surface area contributed by atoms with Crippen LogP contribution in [0.4, 0.5) is 23.5 Å². The topological polar surface area (TPSA) is 99.1 Å². The van der Waals surface area contributed by atoms with Crippen LogP contribution in [0.2, 0.25) is 0 Å². The summed E-state index contributed by atoms with van der Waals surface area (Å²) in [6.07, 6.45) is 2.78. The maximum atomic E-state index is 15.6. The molecule has 13 heteroatoms. The monoisotopic (exact) mass is 537 g/mol. The van der Waals surface area contributed by atoms with Gasteiger partial charge >= 0.3 is 19.5 Å². The molecule has 0 spiro atoms. The highest BCUT2D eigenvalue weighted by molar-refractivity contribution is 6.38. The number of hydrogen-bond acceptors (Lipinski definition) is 7. The summed E-state index contributed by atoms with van der Waals surface area (Å²) in [5, 5.41) is 2.68. The van der Waals surface area contributed by atoms with Crippen molar-refractivity contribution in [3.8, 4) is 5.75 Å². The molecule has 1 aromatic heterocycles. The van der Waals surface area contributed by atoms with Gasteiger partial charge in [-0.05, 0) is 58.9 Å². The van der Waals surface area contributed by atoms with Gasteiger partial charge in [0, 0.05) is 31.4 Å². The van der Waals surface area contributed by atoms with E-state index in [1.807, 2.05) is 6.92 Å². The van der Waals surface area contributed by atoms with Crippen molar-refractivity contribution >= 4 is 36.1 Å². The van der Waals surface area contributed by atoms with Gasteiger partial charge in [-0.1, -0.05) is 0 Å². The molecule has 4 rings (SSSR count). The van der Waals surface area contributed by atoms with E-state index in [4.69, 9.17) is 9.47 Å². The van der Waals surface area contributed by atoms with Crippen molar-refractivity contribution in [2.24, 2.45) is 5.92 Å². The second-order valence-electron chi connectivity index (χ2n) is 10.7. The Hall–Kier alpha value is -3.38. The smallest absolute Gasteiger partial charge is 0.492 e. The second-order valence-corrected chi connectivity index (χ2v) is 10.7. The lowest BCUT2D eigenvalue weighted by molar-refractivity contribution is 0.0494. The number of hydrogen-bond donors (Lipinski definition) is 1. The SMILES string of the molecule is COc1c(N2CC[C@H]([C@@H](C)NC(=O)OC(C)(C)C)C2)c(F)cc2c(=O)c(C(=O)OB(F)F)cn(C3CC3)c12. The number of alkyl carbamates (subject to hydrolysis) is 1. The van der Waals surface area contributed by atoms with Crippen molar-refractivity contribution in [3.05, 3.63) is 33.9 Å². The third kappa shape index (κ3) is 5.71. The molecule has 2 atom stereocenters. The van der Waals surface area contributed by atoms with E-state index in [1.54, 1.807) is 30.2 Å². The fourth-order valence-electron chi connectivity index (χ4n) is 4.87. The Kier molecular flexibility index (Phi) is 7.58. The van der Waals surface area contributed by atoms with E-state index in [0.29, 0.717) is 19.5 Å². The number of methoxy groups -OCH3 is 1. The zero-order valence-electron chi connectivity index (χ0n) is 22.0. The summed E-state index contributed by atoms with van der Waals surface area (Å²) in [5.74, 6) is -2.12. The van der Waals surface area contributed by atoms with Crippen LogP contribution in [0, 0.1) is 11.7 Å². The summed E-state index contributed by atoms with van der Waals surface area (Å²) in [4.78, 5) is 39.3. The molecule has 1 aliphatic carbocycles. The first-order valence-corrected chi connectivity index (χ1v) is 12.5. The highest BCUT2D eigenvalue weighted by Crippen LogP contribution is 2.44. The fraction of sp³-hybridized carbons (Fsp3) is 0.560. The van der Waals surface area contributed by atoms with Gasteiger partial charge in [0.15, 0.2) is 11.6 Å². The van der Waals surface area contributed by atoms with E-state index in [0.717, 1.165) is 18.9 Å². The van der Waals surface area contributed by atoms with E-state index in [9.17, 15) is 23.0 Å². The van der Waals surface area contributed by atoms with Gasteiger partial charge < -0.3 is 28.9 Å². The predicted molar refractivity (Wildman–Crippen MR) is 136 cm³/mol. The van der Waals surface area contributed by atoms with Crippen molar-refractivity contribution in [2.45, 2.75) is 64.6 Å². The number of nitrogens with one attached hydrogen (secondary N) is 1. The first-order chi connectivity index (χ1) is 17.8. The van der Waals surface area contributed by atoms with Crippen LogP contribution in [-0.2, 0) is 9.39 Å². The molecule has 9 nitrogen and oxygen atoms in total. The molecule has 0 radical (unpaired) electrons. The molecule has 1 aromatic carbocycles. The molecule has 206 valence electrons. The maximum absolute atomic E-state index is 15.6. The number of ether oxygens (including phenoxy) is 2. The molecule has 1 N–H and O–H groups in total. The highest BCUT2D eigenvalue weighted by Gasteiger charge is 2.36. The second kappa shape index (κ2) is 10.4. The third-order valence-electron chi connectivity index (χ3n) is 6.75. The summed E-state index contributed by atoms with van der Waals surface area (Å²) in [6, 6.07) is 0.661.